The lowest BCUT2D eigenvalue weighted by Gasteiger charge is -2.13. The minimum absolute atomic E-state index is 0.0335. The summed E-state index contributed by atoms with van der Waals surface area (Å²) >= 11 is 0. The number of hydrogen-bond acceptors (Lipinski definition) is 3. The fourth-order valence-electron chi connectivity index (χ4n) is 1.44. The number of amides is 1. The molecule has 1 rings (SSSR count). The largest absolute Gasteiger partial charge is 0.446 e. The molecule has 0 aromatic heterocycles. The van der Waals surface area contributed by atoms with E-state index >= 15 is 0 Å². The summed E-state index contributed by atoms with van der Waals surface area (Å²) in [4.78, 5) is 11.2. The Morgan fingerprint density at radius 3 is 2.50 bits per heavy atom. The van der Waals surface area contributed by atoms with E-state index in [0.29, 0.717) is 0 Å². The number of amidine groups is 1. The van der Waals surface area contributed by atoms with E-state index in [1.807, 2.05) is 13.8 Å². The minimum Gasteiger partial charge on any atom is -0.446 e. The maximum Gasteiger partial charge on any atom is 0.412 e. The highest BCUT2D eigenvalue weighted by Gasteiger charge is 2.19. The molecule has 4 heteroatoms. The Bertz CT molecular complexity index is 220. The van der Waals surface area contributed by atoms with Gasteiger partial charge in [-0.25, -0.2) is 4.79 Å². The zero-order valence-electron chi connectivity index (χ0n) is 8.80. The predicted molar refractivity (Wildman–Crippen MR) is 54.4 cm³/mol. The van der Waals surface area contributed by atoms with Gasteiger partial charge in [-0.05, 0) is 25.7 Å². The molecule has 1 aliphatic rings. The fourth-order valence-corrected chi connectivity index (χ4v) is 1.44. The quantitative estimate of drug-likeness (QED) is 0.528. The fraction of sp³-hybridized carbons (Fsp3) is 0.800. The average Bonchev–Trinajstić information content (AvgIpc) is 2.56. The van der Waals surface area contributed by atoms with Crippen LogP contribution < -0.4 is 5.32 Å². The molecule has 0 aromatic carbocycles. The standard InChI is InChI=1S/C10H18N2O2/c1-7(2)9(11)12-10(13)14-8-5-3-4-6-8/h7-8H,3-6H2,1-2H3,(H2,11,12,13). The van der Waals surface area contributed by atoms with Gasteiger partial charge in [-0.15, -0.1) is 0 Å². The van der Waals surface area contributed by atoms with Crippen molar-refractivity contribution < 1.29 is 9.53 Å². The molecule has 0 radical (unpaired) electrons. The first-order chi connectivity index (χ1) is 6.59. The molecule has 80 valence electrons. The third-order valence-electron chi connectivity index (χ3n) is 2.39. The lowest BCUT2D eigenvalue weighted by Crippen LogP contribution is -2.35. The monoisotopic (exact) mass is 198 g/mol. The number of alkyl carbamates (subject to hydrolysis) is 1. The zero-order valence-corrected chi connectivity index (χ0v) is 8.80. The van der Waals surface area contributed by atoms with E-state index in [2.05, 4.69) is 5.32 Å². The molecule has 0 spiro atoms. The van der Waals surface area contributed by atoms with Crippen LogP contribution in [-0.2, 0) is 4.74 Å². The van der Waals surface area contributed by atoms with Gasteiger partial charge >= 0.3 is 6.09 Å². The summed E-state index contributed by atoms with van der Waals surface area (Å²) in [5.41, 5.74) is 0. The Kier molecular flexibility index (Phi) is 3.92. The van der Waals surface area contributed by atoms with Crippen LogP contribution in [0.1, 0.15) is 39.5 Å². The molecule has 0 saturated heterocycles. The summed E-state index contributed by atoms with van der Waals surface area (Å²) < 4.78 is 5.14. The molecule has 0 aromatic rings. The summed E-state index contributed by atoms with van der Waals surface area (Å²) in [5, 5.41) is 9.86. The van der Waals surface area contributed by atoms with E-state index in [1.165, 1.54) is 0 Å². The van der Waals surface area contributed by atoms with Crippen molar-refractivity contribution >= 4 is 11.9 Å². The second-order valence-corrected chi connectivity index (χ2v) is 4.01. The van der Waals surface area contributed by atoms with Gasteiger partial charge in [0.2, 0.25) is 0 Å². The van der Waals surface area contributed by atoms with E-state index in [-0.39, 0.29) is 17.9 Å². The summed E-state index contributed by atoms with van der Waals surface area (Å²) in [6.45, 7) is 3.72. The Morgan fingerprint density at radius 2 is 2.00 bits per heavy atom. The average molecular weight is 198 g/mol. The lowest BCUT2D eigenvalue weighted by atomic mass is 10.2. The first kappa shape index (κ1) is 11.0. The van der Waals surface area contributed by atoms with Crippen LogP contribution in [0.2, 0.25) is 0 Å². The molecule has 0 aliphatic heterocycles. The van der Waals surface area contributed by atoms with Gasteiger partial charge in [0, 0.05) is 5.92 Å². The third-order valence-corrected chi connectivity index (χ3v) is 2.39. The van der Waals surface area contributed by atoms with E-state index < -0.39 is 6.09 Å². The number of nitrogens with one attached hydrogen (secondary N) is 2. The second kappa shape index (κ2) is 4.98. The molecule has 0 bridgehead atoms. The van der Waals surface area contributed by atoms with Crippen LogP contribution in [0.15, 0.2) is 0 Å². The SMILES string of the molecule is CC(C)C(=N)NC(=O)OC1CCCC1. The second-order valence-electron chi connectivity index (χ2n) is 4.01. The normalized spacial score (nSPS) is 17.1. The Morgan fingerprint density at radius 1 is 1.43 bits per heavy atom. The van der Waals surface area contributed by atoms with Crippen LogP contribution in [0.4, 0.5) is 4.79 Å². The molecular formula is C10H18N2O2. The molecular weight excluding hydrogens is 180 g/mol. The van der Waals surface area contributed by atoms with Crippen molar-refractivity contribution in [3.63, 3.8) is 0 Å². The van der Waals surface area contributed by atoms with Crippen molar-refractivity contribution in [2.45, 2.75) is 45.6 Å². The highest BCUT2D eigenvalue weighted by atomic mass is 16.6. The van der Waals surface area contributed by atoms with E-state index in [0.717, 1.165) is 25.7 Å². The van der Waals surface area contributed by atoms with E-state index in [4.69, 9.17) is 10.1 Å². The maximum atomic E-state index is 11.2. The van der Waals surface area contributed by atoms with Gasteiger partial charge in [-0.2, -0.15) is 0 Å². The van der Waals surface area contributed by atoms with Crippen molar-refractivity contribution in [2.75, 3.05) is 0 Å². The van der Waals surface area contributed by atoms with Gasteiger partial charge < -0.3 is 4.74 Å². The highest BCUT2D eigenvalue weighted by molar-refractivity contribution is 5.94. The Hall–Kier alpha value is -1.06. The molecule has 1 saturated carbocycles. The van der Waals surface area contributed by atoms with Crippen LogP contribution in [0.5, 0.6) is 0 Å². The smallest absolute Gasteiger partial charge is 0.412 e. The molecule has 0 unspecified atom stereocenters. The van der Waals surface area contributed by atoms with Crippen LogP contribution in [0.3, 0.4) is 0 Å². The first-order valence-electron chi connectivity index (χ1n) is 5.15. The van der Waals surface area contributed by atoms with Gasteiger partial charge in [0.05, 0.1) is 0 Å². The topological polar surface area (TPSA) is 62.2 Å². The predicted octanol–water partition coefficient (Wildman–Crippen LogP) is 2.29. The highest BCUT2D eigenvalue weighted by Crippen LogP contribution is 2.20. The van der Waals surface area contributed by atoms with Crippen molar-refractivity contribution in [3.8, 4) is 0 Å². The number of ether oxygens (including phenoxy) is 1. The van der Waals surface area contributed by atoms with Crippen LogP contribution in [0.25, 0.3) is 0 Å². The van der Waals surface area contributed by atoms with Crippen molar-refractivity contribution in [1.29, 1.82) is 5.41 Å². The number of hydrogen-bond donors (Lipinski definition) is 2. The molecule has 14 heavy (non-hydrogen) atoms. The summed E-state index contributed by atoms with van der Waals surface area (Å²) in [6, 6.07) is 0. The zero-order chi connectivity index (χ0) is 10.6. The molecule has 1 amide bonds. The minimum atomic E-state index is -0.476. The molecule has 4 nitrogen and oxygen atoms in total. The lowest BCUT2D eigenvalue weighted by molar-refractivity contribution is 0.105. The molecule has 2 N–H and O–H groups in total. The maximum absolute atomic E-state index is 11.2. The molecule has 1 fully saturated rings. The number of carbonyl (C=O) groups excluding carboxylic acids is 1. The van der Waals surface area contributed by atoms with Crippen molar-refractivity contribution in [1.82, 2.24) is 5.32 Å². The van der Waals surface area contributed by atoms with Crippen molar-refractivity contribution in [3.05, 3.63) is 0 Å². The Balaban J connectivity index is 2.24. The first-order valence-corrected chi connectivity index (χ1v) is 5.15. The van der Waals surface area contributed by atoms with Crippen molar-refractivity contribution in [2.24, 2.45) is 5.92 Å². The number of rotatable bonds is 2. The summed E-state index contributed by atoms with van der Waals surface area (Å²) in [7, 11) is 0. The molecule has 0 heterocycles. The Labute approximate surface area is 84.5 Å². The van der Waals surface area contributed by atoms with E-state index in [9.17, 15) is 4.79 Å². The van der Waals surface area contributed by atoms with Crippen LogP contribution >= 0.6 is 0 Å². The van der Waals surface area contributed by atoms with Gasteiger partial charge in [-0.3, -0.25) is 10.7 Å². The molecule has 0 atom stereocenters. The van der Waals surface area contributed by atoms with E-state index in [1.54, 1.807) is 0 Å². The van der Waals surface area contributed by atoms with Gasteiger partial charge in [0.15, 0.2) is 0 Å². The van der Waals surface area contributed by atoms with Gasteiger partial charge in [0.25, 0.3) is 0 Å². The number of carbonyl (C=O) groups is 1. The molecule has 1 aliphatic carbocycles. The summed E-state index contributed by atoms with van der Waals surface area (Å²) in [5.74, 6) is 0.249. The summed E-state index contributed by atoms with van der Waals surface area (Å²) in [6.07, 6.45) is 3.79. The van der Waals surface area contributed by atoms with Gasteiger partial charge in [0.1, 0.15) is 11.9 Å². The van der Waals surface area contributed by atoms with Crippen LogP contribution in [-0.4, -0.2) is 18.0 Å². The van der Waals surface area contributed by atoms with Gasteiger partial charge in [-0.1, -0.05) is 13.8 Å². The third kappa shape index (κ3) is 3.36. The van der Waals surface area contributed by atoms with Crippen LogP contribution in [0, 0.1) is 11.3 Å².